The molecule has 0 fully saturated rings. The molecule has 0 saturated carbocycles. The van der Waals surface area contributed by atoms with E-state index in [1.807, 2.05) is 41.1 Å². The van der Waals surface area contributed by atoms with Crippen molar-refractivity contribution in [2.75, 3.05) is 7.11 Å². The quantitative estimate of drug-likeness (QED) is 0.678. The molecule has 2 aromatic carbocycles. The van der Waals surface area contributed by atoms with E-state index in [0.29, 0.717) is 23.7 Å². The van der Waals surface area contributed by atoms with Crippen molar-refractivity contribution in [1.82, 2.24) is 14.8 Å². The summed E-state index contributed by atoms with van der Waals surface area (Å²) < 4.78 is 7.05. The van der Waals surface area contributed by atoms with E-state index in [-0.39, 0.29) is 5.92 Å². The molecular weight excluding hydrogens is 342 g/mol. The van der Waals surface area contributed by atoms with Crippen LogP contribution in [0.3, 0.4) is 0 Å². The van der Waals surface area contributed by atoms with E-state index in [4.69, 9.17) is 4.74 Å². The summed E-state index contributed by atoms with van der Waals surface area (Å²) in [4.78, 5) is 15.9. The number of aromatic nitrogens is 3. The standard InChI is InChI=1S/C21H23N3O3/c1-4-14(2)19-22-21(27-3)23-24(19)13-15-9-11-16(12-10-15)17-7-5-6-8-18(17)20(25)26/h5-12,14H,4,13H2,1-3H3,(H,25,26). The van der Waals surface area contributed by atoms with E-state index < -0.39 is 5.97 Å². The molecule has 27 heavy (non-hydrogen) atoms. The van der Waals surface area contributed by atoms with Gasteiger partial charge in [0.1, 0.15) is 5.82 Å². The zero-order valence-corrected chi connectivity index (χ0v) is 15.7. The van der Waals surface area contributed by atoms with Gasteiger partial charge in [0.15, 0.2) is 0 Å². The first-order chi connectivity index (χ1) is 13.0. The average Bonchev–Trinajstić information content (AvgIpc) is 3.11. The molecule has 0 aliphatic carbocycles. The third-order valence-electron chi connectivity index (χ3n) is 4.67. The van der Waals surface area contributed by atoms with Crippen LogP contribution in [0.4, 0.5) is 0 Å². The van der Waals surface area contributed by atoms with E-state index in [9.17, 15) is 9.90 Å². The molecule has 0 bridgehead atoms. The van der Waals surface area contributed by atoms with Gasteiger partial charge in [0.05, 0.1) is 19.2 Å². The van der Waals surface area contributed by atoms with Crippen LogP contribution in [0, 0.1) is 0 Å². The van der Waals surface area contributed by atoms with Crippen LogP contribution in [0.15, 0.2) is 48.5 Å². The first-order valence-electron chi connectivity index (χ1n) is 8.93. The van der Waals surface area contributed by atoms with Gasteiger partial charge in [-0.25, -0.2) is 9.48 Å². The van der Waals surface area contributed by atoms with E-state index in [1.165, 1.54) is 0 Å². The van der Waals surface area contributed by atoms with Gasteiger partial charge in [-0.2, -0.15) is 4.98 Å². The van der Waals surface area contributed by atoms with Crippen LogP contribution in [0.2, 0.25) is 0 Å². The lowest BCUT2D eigenvalue weighted by Gasteiger charge is -2.11. The highest BCUT2D eigenvalue weighted by Crippen LogP contribution is 2.25. The molecule has 0 spiro atoms. The first-order valence-corrected chi connectivity index (χ1v) is 8.93. The molecule has 0 amide bonds. The number of methoxy groups -OCH3 is 1. The normalized spacial score (nSPS) is 12.0. The van der Waals surface area contributed by atoms with Crippen molar-refractivity contribution >= 4 is 5.97 Å². The zero-order chi connectivity index (χ0) is 19.4. The van der Waals surface area contributed by atoms with Crippen molar-refractivity contribution in [2.24, 2.45) is 0 Å². The highest BCUT2D eigenvalue weighted by Gasteiger charge is 2.16. The summed E-state index contributed by atoms with van der Waals surface area (Å²) >= 11 is 0. The Morgan fingerprint density at radius 2 is 1.89 bits per heavy atom. The smallest absolute Gasteiger partial charge is 0.336 e. The van der Waals surface area contributed by atoms with Crippen molar-refractivity contribution in [2.45, 2.75) is 32.7 Å². The van der Waals surface area contributed by atoms with Crippen LogP contribution in [-0.4, -0.2) is 33.0 Å². The number of hydrogen-bond acceptors (Lipinski definition) is 4. The maximum Gasteiger partial charge on any atom is 0.336 e. The van der Waals surface area contributed by atoms with Gasteiger partial charge in [0, 0.05) is 5.92 Å². The van der Waals surface area contributed by atoms with Crippen molar-refractivity contribution < 1.29 is 14.6 Å². The molecule has 1 aromatic heterocycles. The summed E-state index contributed by atoms with van der Waals surface area (Å²) in [5.41, 5.74) is 2.93. The van der Waals surface area contributed by atoms with Crippen molar-refractivity contribution in [3.63, 3.8) is 0 Å². The summed E-state index contributed by atoms with van der Waals surface area (Å²) in [5.74, 6) is 0.250. The third kappa shape index (κ3) is 4.00. The summed E-state index contributed by atoms with van der Waals surface area (Å²) in [6.07, 6.45) is 0.965. The zero-order valence-electron chi connectivity index (χ0n) is 15.7. The molecule has 0 saturated heterocycles. The fourth-order valence-corrected chi connectivity index (χ4v) is 2.97. The minimum Gasteiger partial charge on any atom is -0.478 e. The van der Waals surface area contributed by atoms with E-state index in [2.05, 4.69) is 23.9 Å². The second-order valence-electron chi connectivity index (χ2n) is 6.47. The maximum atomic E-state index is 11.4. The van der Waals surface area contributed by atoms with Crippen molar-refractivity contribution in [1.29, 1.82) is 0 Å². The Hall–Kier alpha value is -3.15. The van der Waals surface area contributed by atoms with Crippen LogP contribution in [0.25, 0.3) is 11.1 Å². The summed E-state index contributed by atoms with van der Waals surface area (Å²) in [7, 11) is 1.56. The fourth-order valence-electron chi connectivity index (χ4n) is 2.97. The van der Waals surface area contributed by atoms with Gasteiger partial charge < -0.3 is 9.84 Å². The SMILES string of the molecule is CCC(C)c1nc(OC)nn1Cc1ccc(-c2ccccc2C(=O)O)cc1. The molecule has 1 N–H and O–H groups in total. The van der Waals surface area contributed by atoms with Crippen LogP contribution in [-0.2, 0) is 6.54 Å². The summed E-state index contributed by atoms with van der Waals surface area (Å²) in [5, 5.41) is 13.8. The lowest BCUT2D eigenvalue weighted by atomic mass is 9.99. The predicted octanol–water partition coefficient (Wildman–Crippen LogP) is 4.21. The van der Waals surface area contributed by atoms with Crippen LogP contribution < -0.4 is 4.74 Å². The van der Waals surface area contributed by atoms with Gasteiger partial charge in [-0.15, -0.1) is 5.10 Å². The molecule has 3 aromatic rings. The number of nitrogens with zero attached hydrogens (tertiary/aromatic N) is 3. The van der Waals surface area contributed by atoms with Gasteiger partial charge in [-0.1, -0.05) is 56.3 Å². The lowest BCUT2D eigenvalue weighted by molar-refractivity contribution is 0.0697. The predicted molar refractivity (Wildman–Crippen MR) is 103 cm³/mol. The maximum absolute atomic E-state index is 11.4. The van der Waals surface area contributed by atoms with E-state index in [1.54, 1.807) is 19.2 Å². The Balaban J connectivity index is 1.87. The molecule has 1 atom stereocenters. The molecular formula is C21H23N3O3. The minimum absolute atomic E-state index is 0.281. The summed E-state index contributed by atoms with van der Waals surface area (Å²) in [6.45, 7) is 4.81. The van der Waals surface area contributed by atoms with Gasteiger partial charge in [-0.3, -0.25) is 0 Å². The van der Waals surface area contributed by atoms with Gasteiger partial charge >= 0.3 is 12.0 Å². The molecule has 140 valence electrons. The lowest BCUT2D eigenvalue weighted by Crippen LogP contribution is -2.09. The molecule has 1 unspecified atom stereocenters. The number of aromatic carboxylic acids is 1. The molecule has 1 heterocycles. The third-order valence-corrected chi connectivity index (χ3v) is 4.67. The van der Waals surface area contributed by atoms with Crippen molar-refractivity contribution in [3.8, 4) is 17.1 Å². The second kappa shape index (κ2) is 8.03. The van der Waals surface area contributed by atoms with E-state index in [0.717, 1.165) is 23.4 Å². The Kier molecular flexibility index (Phi) is 5.54. The number of carbonyl (C=O) groups is 1. The minimum atomic E-state index is -0.928. The highest BCUT2D eigenvalue weighted by molar-refractivity contribution is 5.95. The number of rotatable bonds is 7. The first kappa shape index (κ1) is 18.6. The van der Waals surface area contributed by atoms with Crippen molar-refractivity contribution in [3.05, 3.63) is 65.5 Å². The second-order valence-corrected chi connectivity index (χ2v) is 6.47. The Bertz CT molecular complexity index is 932. The Morgan fingerprint density at radius 1 is 1.19 bits per heavy atom. The van der Waals surface area contributed by atoms with Gasteiger partial charge in [0.25, 0.3) is 0 Å². The largest absolute Gasteiger partial charge is 0.478 e. The van der Waals surface area contributed by atoms with Crippen LogP contribution in [0.5, 0.6) is 6.01 Å². The number of benzene rings is 2. The molecule has 3 rings (SSSR count). The molecule has 6 heteroatoms. The number of carboxylic acid groups (broad SMARTS) is 1. The van der Waals surface area contributed by atoms with Gasteiger partial charge in [-0.05, 0) is 29.2 Å². The Morgan fingerprint density at radius 3 is 2.52 bits per heavy atom. The van der Waals surface area contributed by atoms with Gasteiger partial charge in [0.2, 0.25) is 0 Å². The topological polar surface area (TPSA) is 77.2 Å². The number of carboxylic acids is 1. The monoisotopic (exact) mass is 365 g/mol. The number of ether oxygens (including phenoxy) is 1. The molecule has 0 aliphatic rings. The number of hydrogen-bond donors (Lipinski definition) is 1. The average molecular weight is 365 g/mol. The van der Waals surface area contributed by atoms with E-state index >= 15 is 0 Å². The van der Waals surface area contributed by atoms with Crippen LogP contribution in [0.1, 0.15) is 47.9 Å². The fraction of sp³-hybridized carbons (Fsp3) is 0.286. The molecule has 6 nitrogen and oxygen atoms in total. The molecule has 0 aliphatic heterocycles. The van der Waals surface area contributed by atoms with Crippen LogP contribution >= 0.6 is 0 Å². The Labute approximate surface area is 158 Å². The highest BCUT2D eigenvalue weighted by atomic mass is 16.5. The summed E-state index contributed by atoms with van der Waals surface area (Å²) in [6, 6.07) is 15.2. The molecule has 0 radical (unpaired) electrons.